The zero-order chi connectivity index (χ0) is 19.6. The van der Waals surface area contributed by atoms with Crippen LogP contribution < -0.4 is 9.47 Å². The fraction of sp³-hybridized carbons (Fsp3) is 0.0435. The molecule has 0 saturated carbocycles. The molecule has 0 spiro atoms. The summed E-state index contributed by atoms with van der Waals surface area (Å²) in [6.45, 7) is 0.276. The number of hydrogen-bond acceptors (Lipinski definition) is 5. The second-order valence-electron chi connectivity index (χ2n) is 6.43. The number of nitrogens with zero attached hydrogens (tertiary/aromatic N) is 2. The fourth-order valence-electron chi connectivity index (χ4n) is 3.04. The molecule has 3 aromatic carbocycles. The van der Waals surface area contributed by atoms with Crippen molar-refractivity contribution in [2.75, 3.05) is 6.79 Å². The molecule has 0 radical (unpaired) electrons. The van der Waals surface area contributed by atoms with E-state index in [1.807, 2.05) is 72.8 Å². The predicted molar refractivity (Wildman–Crippen MR) is 117 cm³/mol. The van der Waals surface area contributed by atoms with Gasteiger partial charge in [0.15, 0.2) is 17.1 Å². The maximum atomic E-state index is 5.86. The molecule has 0 fully saturated rings. The lowest BCUT2D eigenvalue weighted by Crippen LogP contribution is -1.92. The Balaban J connectivity index is 1.34. The number of halogens is 1. The molecule has 1 aliphatic rings. The molecule has 0 atom stereocenters. The molecule has 4 aromatic rings. The van der Waals surface area contributed by atoms with Crippen molar-refractivity contribution in [3.05, 3.63) is 76.8 Å². The molecule has 0 saturated heterocycles. The Morgan fingerprint density at radius 1 is 0.966 bits per heavy atom. The molecule has 1 aromatic heterocycles. The van der Waals surface area contributed by atoms with Crippen molar-refractivity contribution in [3.63, 3.8) is 0 Å². The van der Waals surface area contributed by atoms with Crippen molar-refractivity contribution in [3.8, 4) is 23.0 Å². The largest absolute Gasteiger partial charge is 0.454 e. The van der Waals surface area contributed by atoms with Gasteiger partial charge in [0.2, 0.25) is 12.7 Å². The van der Waals surface area contributed by atoms with Crippen LogP contribution in [0.1, 0.15) is 5.56 Å². The number of oxazole rings is 1. The second-order valence-corrected chi connectivity index (χ2v) is 7.35. The summed E-state index contributed by atoms with van der Waals surface area (Å²) < 4.78 is 17.6. The van der Waals surface area contributed by atoms with Crippen LogP contribution in [0.25, 0.3) is 28.6 Å². The van der Waals surface area contributed by atoms with Crippen molar-refractivity contribution in [2.45, 2.75) is 0 Å². The van der Waals surface area contributed by atoms with Gasteiger partial charge in [0, 0.05) is 16.3 Å². The van der Waals surface area contributed by atoms with Crippen LogP contribution in [0.4, 0.5) is 5.69 Å². The van der Waals surface area contributed by atoms with Gasteiger partial charge in [-0.25, -0.2) is 4.98 Å². The standard InChI is InChI=1S/C23H15BrN2O3/c24-17-5-1-4-16(12-17)23-26-19-13-18(7-9-20(19)29-23)25-10-2-3-15-6-8-21-22(11-15)28-14-27-21/h1-13H,14H2. The van der Waals surface area contributed by atoms with Gasteiger partial charge in [-0.2, -0.15) is 0 Å². The van der Waals surface area contributed by atoms with Crippen LogP contribution in [0.15, 0.2) is 80.6 Å². The normalized spacial score (nSPS) is 13.1. The molecule has 142 valence electrons. The average molecular weight is 447 g/mol. The highest BCUT2D eigenvalue weighted by molar-refractivity contribution is 9.10. The quantitative estimate of drug-likeness (QED) is 0.340. The lowest BCUT2D eigenvalue weighted by atomic mass is 10.2. The molecule has 5 nitrogen and oxygen atoms in total. The van der Waals surface area contributed by atoms with Crippen LogP contribution in [-0.4, -0.2) is 18.0 Å². The van der Waals surface area contributed by atoms with Crippen LogP contribution in [0, 0.1) is 0 Å². The molecule has 6 heteroatoms. The molecule has 2 heterocycles. The first-order valence-electron chi connectivity index (χ1n) is 9.01. The van der Waals surface area contributed by atoms with Gasteiger partial charge in [0.05, 0.1) is 5.69 Å². The number of hydrogen-bond donors (Lipinski definition) is 0. The van der Waals surface area contributed by atoms with Gasteiger partial charge >= 0.3 is 0 Å². The van der Waals surface area contributed by atoms with E-state index in [4.69, 9.17) is 13.9 Å². The van der Waals surface area contributed by atoms with E-state index in [1.165, 1.54) is 0 Å². The molecular weight excluding hydrogens is 432 g/mol. The summed E-state index contributed by atoms with van der Waals surface area (Å²) in [5.41, 5.74) is 4.25. The summed E-state index contributed by atoms with van der Waals surface area (Å²) in [6.07, 6.45) is 5.60. The van der Waals surface area contributed by atoms with Crippen LogP contribution in [0.3, 0.4) is 0 Å². The van der Waals surface area contributed by atoms with E-state index in [-0.39, 0.29) is 6.79 Å². The highest BCUT2D eigenvalue weighted by atomic mass is 79.9. The maximum Gasteiger partial charge on any atom is 0.231 e. The van der Waals surface area contributed by atoms with Gasteiger partial charge in [0.1, 0.15) is 5.52 Å². The summed E-state index contributed by atoms with van der Waals surface area (Å²) in [4.78, 5) is 9.07. The smallest absolute Gasteiger partial charge is 0.231 e. The van der Waals surface area contributed by atoms with Crippen molar-refractivity contribution in [2.24, 2.45) is 4.99 Å². The second kappa shape index (κ2) is 7.56. The van der Waals surface area contributed by atoms with E-state index >= 15 is 0 Å². The SMILES string of the molecule is Brc1cccc(-c2nc3cc(N=CC=Cc4ccc5c(c4)OCO5)ccc3o2)c1. The number of aromatic nitrogens is 1. The van der Waals surface area contributed by atoms with Crippen LogP contribution in [0.2, 0.25) is 0 Å². The number of rotatable bonds is 4. The van der Waals surface area contributed by atoms with Crippen molar-refractivity contribution in [1.29, 1.82) is 0 Å². The van der Waals surface area contributed by atoms with Gasteiger partial charge in [-0.15, -0.1) is 0 Å². The molecule has 0 N–H and O–H groups in total. The summed E-state index contributed by atoms with van der Waals surface area (Å²) in [5, 5.41) is 0. The fourth-order valence-corrected chi connectivity index (χ4v) is 3.44. The number of aliphatic imine (C=N–C) groups is 1. The zero-order valence-corrected chi connectivity index (χ0v) is 16.8. The van der Waals surface area contributed by atoms with E-state index in [2.05, 4.69) is 25.9 Å². The number of ether oxygens (including phenoxy) is 2. The Morgan fingerprint density at radius 3 is 2.83 bits per heavy atom. The lowest BCUT2D eigenvalue weighted by Gasteiger charge is -1.96. The number of allylic oxidation sites excluding steroid dienone is 1. The Bertz CT molecular complexity index is 1260. The highest BCUT2D eigenvalue weighted by Crippen LogP contribution is 2.33. The van der Waals surface area contributed by atoms with Gasteiger partial charge in [-0.3, -0.25) is 4.99 Å². The van der Waals surface area contributed by atoms with E-state index in [9.17, 15) is 0 Å². The minimum Gasteiger partial charge on any atom is -0.454 e. The van der Waals surface area contributed by atoms with Crippen LogP contribution in [-0.2, 0) is 0 Å². The van der Waals surface area contributed by atoms with Crippen molar-refractivity contribution < 1.29 is 13.9 Å². The molecule has 1 aliphatic heterocycles. The molecular formula is C23H15BrN2O3. The Hall–Kier alpha value is -3.38. The Labute approximate surface area is 175 Å². The summed E-state index contributed by atoms with van der Waals surface area (Å²) >= 11 is 3.47. The van der Waals surface area contributed by atoms with Gasteiger partial charge in [-0.05, 0) is 60.2 Å². The van der Waals surface area contributed by atoms with E-state index in [1.54, 1.807) is 6.21 Å². The van der Waals surface area contributed by atoms with Crippen molar-refractivity contribution in [1.82, 2.24) is 4.98 Å². The molecule has 29 heavy (non-hydrogen) atoms. The predicted octanol–water partition coefficient (Wildman–Crippen LogP) is 6.40. The van der Waals surface area contributed by atoms with Gasteiger partial charge in [-0.1, -0.05) is 34.1 Å². The monoisotopic (exact) mass is 446 g/mol. The third-order valence-corrected chi connectivity index (χ3v) is 4.93. The highest BCUT2D eigenvalue weighted by Gasteiger charge is 2.12. The van der Waals surface area contributed by atoms with E-state index < -0.39 is 0 Å². The molecule has 0 unspecified atom stereocenters. The third-order valence-electron chi connectivity index (χ3n) is 4.44. The van der Waals surface area contributed by atoms with E-state index in [0.717, 1.165) is 43.9 Å². The molecule has 0 amide bonds. The van der Waals surface area contributed by atoms with E-state index in [0.29, 0.717) is 5.89 Å². The molecule has 0 aliphatic carbocycles. The number of fused-ring (bicyclic) bond motifs is 2. The lowest BCUT2D eigenvalue weighted by molar-refractivity contribution is 0.174. The zero-order valence-electron chi connectivity index (χ0n) is 15.2. The van der Waals surface area contributed by atoms with Gasteiger partial charge in [0.25, 0.3) is 0 Å². The minimum absolute atomic E-state index is 0.276. The molecule has 5 rings (SSSR count). The Kier molecular flexibility index (Phi) is 4.62. The first-order valence-corrected chi connectivity index (χ1v) is 9.81. The average Bonchev–Trinajstić information content (AvgIpc) is 3.37. The van der Waals surface area contributed by atoms with Gasteiger partial charge < -0.3 is 13.9 Å². The maximum absolute atomic E-state index is 5.86. The minimum atomic E-state index is 0.276. The first kappa shape index (κ1) is 17.7. The first-order chi connectivity index (χ1) is 14.2. The topological polar surface area (TPSA) is 56.9 Å². The Morgan fingerprint density at radius 2 is 1.90 bits per heavy atom. The third kappa shape index (κ3) is 3.79. The number of benzene rings is 3. The summed E-state index contributed by atoms with van der Waals surface area (Å²) in [6, 6.07) is 19.4. The molecule has 0 bridgehead atoms. The van der Waals surface area contributed by atoms with Crippen LogP contribution in [0.5, 0.6) is 11.5 Å². The van der Waals surface area contributed by atoms with Crippen molar-refractivity contribution >= 4 is 45.0 Å². The van der Waals surface area contributed by atoms with Crippen LogP contribution >= 0.6 is 15.9 Å². The summed E-state index contributed by atoms with van der Waals surface area (Å²) in [5.74, 6) is 2.13. The summed E-state index contributed by atoms with van der Waals surface area (Å²) in [7, 11) is 0.